The molecule has 124 valence electrons. The molecule has 0 heterocycles. The van der Waals surface area contributed by atoms with Gasteiger partial charge in [0.25, 0.3) is 0 Å². The largest absolute Gasteiger partial charge is 0.550 e. The predicted octanol–water partition coefficient (Wildman–Crippen LogP) is 2.79. The van der Waals surface area contributed by atoms with Crippen molar-refractivity contribution in [3.05, 3.63) is 11.8 Å². The molecule has 1 N–H and O–H groups in total. The van der Waals surface area contributed by atoms with Crippen LogP contribution in [0.5, 0.6) is 0 Å². The normalized spacial score (nSPS) is 12.6. The first-order valence-electron chi connectivity index (χ1n) is 8.42. The molecule has 0 atom stereocenters. The van der Waals surface area contributed by atoms with Crippen molar-refractivity contribution in [2.45, 2.75) is 65.7 Å². The zero-order chi connectivity index (χ0) is 16.1. The first-order chi connectivity index (χ1) is 9.99. The van der Waals surface area contributed by atoms with E-state index in [0.29, 0.717) is 23.3 Å². The molecule has 0 saturated heterocycles. The summed E-state index contributed by atoms with van der Waals surface area (Å²) in [5, 5.41) is 21.0. The maximum atomic E-state index is 10.8. The third-order valence-corrected chi connectivity index (χ3v) is 3.87. The molecule has 0 aliphatic carbocycles. The lowest BCUT2D eigenvalue weighted by Crippen LogP contribution is -2.52. The lowest BCUT2D eigenvalue weighted by atomic mass is 10.1. The Hall–Kier alpha value is -1.03. The molecule has 0 aliphatic heterocycles. The number of carboxylic acid groups (broad SMARTS) is 1. The number of allylic oxidation sites excluding steroid dienone is 1. The van der Waals surface area contributed by atoms with Crippen molar-refractivity contribution in [1.29, 1.82) is 0 Å². The lowest BCUT2D eigenvalue weighted by molar-refractivity contribution is -0.924. The van der Waals surface area contributed by atoms with Crippen LogP contribution in [0.4, 0.5) is 0 Å². The van der Waals surface area contributed by atoms with E-state index < -0.39 is 5.97 Å². The van der Waals surface area contributed by atoms with Gasteiger partial charge in [0.2, 0.25) is 0 Å². The zero-order valence-corrected chi connectivity index (χ0v) is 14.1. The molecule has 0 spiro atoms. The summed E-state index contributed by atoms with van der Waals surface area (Å²) in [6, 6.07) is 0. The number of aliphatic hydroxyl groups excluding tert-OH is 1. The Kier molecular flexibility index (Phi) is 11.0. The number of aliphatic hydroxyl groups is 1. The van der Waals surface area contributed by atoms with Gasteiger partial charge in [0.1, 0.15) is 12.3 Å². The molecule has 0 aromatic rings. The number of rotatable bonds is 13. The van der Waals surface area contributed by atoms with Crippen LogP contribution < -0.4 is 5.11 Å². The van der Waals surface area contributed by atoms with Crippen LogP contribution in [0.2, 0.25) is 0 Å². The van der Waals surface area contributed by atoms with E-state index in [0.717, 1.165) is 38.8 Å². The minimum atomic E-state index is -1.00. The number of unbranched alkanes of at least 4 members (excludes halogenated alkanes) is 3. The molecule has 0 rings (SSSR count). The van der Waals surface area contributed by atoms with Crippen LogP contribution in [-0.4, -0.2) is 41.7 Å². The molecule has 0 amide bonds. The van der Waals surface area contributed by atoms with Crippen molar-refractivity contribution in [3.8, 4) is 0 Å². The van der Waals surface area contributed by atoms with Gasteiger partial charge in [0, 0.05) is 12.4 Å². The van der Waals surface area contributed by atoms with Gasteiger partial charge in [-0.2, -0.15) is 0 Å². The number of quaternary nitrogens is 1. The fourth-order valence-electron chi connectivity index (χ4n) is 2.92. The molecule has 0 bridgehead atoms. The second kappa shape index (κ2) is 11.6. The topological polar surface area (TPSA) is 60.4 Å². The van der Waals surface area contributed by atoms with Gasteiger partial charge in [-0.05, 0) is 31.8 Å². The van der Waals surface area contributed by atoms with Crippen LogP contribution in [0.15, 0.2) is 11.8 Å². The second-order valence-electron chi connectivity index (χ2n) is 5.98. The van der Waals surface area contributed by atoms with Gasteiger partial charge in [-0.15, -0.1) is 0 Å². The molecule has 4 heteroatoms. The summed E-state index contributed by atoms with van der Waals surface area (Å²) in [4.78, 5) is 10.8. The SMILES string of the molecule is CCCCC/C=C(\O)C[N+](CCC)(CCC)CCC(=O)[O-]. The van der Waals surface area contributed by atoms with Crippen molar-refractivity contribution in [2.24, 2.45) is 0 Å². The molecule has 4 nitrogen and oxygen atoms in total. The number of hydrogen-bond donors (Lipinski definition) is 1. The molecular formula is C17H33NO3. The van der Waals surface area contributed by atoms with E-state index in [-0.39, 0.29) is 6.42 Å². The number of nitrogens with zero attached hydrogens (tertiary/aromatic N) is 1. The summed E-state index contributed by atoms with van der Waals surface area (Å²) in [7, 11) is 0. The molecule has 21 heavy (non-hydrogen) atoms. The fourth-order valence-corrected chi connectivity index (χ4v) is 2.92. The minimum absolute atomic E-state index is 0.0586. The summed E-state index contributed by atoms with van der Waals surface area (Å²) in [6.07, 6.45) is 8.28. The zero-order valence-electron chi connectivity index (χ0n) is 14.1. The van der Waals surface area contributed by atoms with Gasteiger partial charge in [-0.25, -0.2) is 0 Å². The van der Waals surface area contributed by atoms with Gasteiger partial charge in [0.15, 0.2) is 0 Å². The molecule has 0 aromatic heterocycles. The number of hydrogen-bond acceptors (Lipinski definition) is 3. The van der Waals surface area contributed by atoms with E-state index in [1.807, 2.05) is 6.08 Å². The standard InChI is InChI=1S/C17H33NO3/c1-4-7-8-9-10-16(19)15-18(12-5-2,13-6-3)14-11-17(20)21/h10H,4-9,11-15H2,1-3H3,(H-,19,20,21)/b16-10-. The second-order valence-corrected chi connectivity index (χ2v) is 5.98. The van der Waals surface area contributed by atoms with E-state index in [1.54, 1.807) is 0 Å². The first-order valence-corrected chi connectivity index (χ1v) is 8.42. The van der Waals surface area contributed by atoms with Crippen molar-refractivity contribution >= 4 is 5.97 Å². The Morgan fingerprint density at radius 2 is 1.67 bits per heavy atom. The lowest BCUT2D eigenvalue weighted by Gasteiger charge is -2.38. The van der Waals surface area contributed by atoms with Crippen molar-refractivity contribution in [2.75, 3.05) is 26.2 Å². The van der Waals surface area contributed by atoms with Gasteiger partial charge < -0.3 is 19.5 Å². The highest BCUT2D eigenvalue weighted by Crippen LogP contribution is 2.15. The Labute approximate surface area is 130 Å². The molecule has 0 fully saturated rings. The average Bonchev–Trinajstić information content (AvgIpc) is 2.42. The van der Waals surface area contributed by atoms with Crippen LogP contribution in [0.3, 0.4) is 0 Å². The highest BCUT2D eigenvalue weighted by atomic mass is 16.4. The van der Waals surface area contributed by atoms with Crippen LogP contribution in [0.1, 0.15) is 65.7 Å². The highest BCUT2D eigenvalue weighted by molar-refractivity contribution is 5.64. The summed E-state index contributed by atoms with van der Waals surface area (Å²) < 4.78 is 0.650. The first kappa shape index (κ1) is 20.0. The molecule has 0 saturated carbocycles. The Morgan fingerprint density at radius 1 is 1.05 bits per heavy atom. The van der Waals surface area contributed by atoms with Gasteiger partial charge in [-0.3, -0.25) is 0 Å². The Bertz CT molecular complexity index is 307. The van der Waals surface area contributed by atoms with Crippen LogP contribution in [0.25, 0.3) is 0 Å². The average molecular weight is 299 g/mol. The minimum Gasteiger partial charge on any atom is -0.550 e. The summed E-state index contributed by atoms with van der Waals surface area (Å²) in [5.74, 6) is -0.595. The summed E-state index contributed by atoms with van der Waals surface area (Å²) in [5.41, 5.74) is 0. The summed E-state index contributed by atoms with van der Waals surface area (Å²) in [6.45, 7) is 9.24. The van der Waals surface area contributed by atoms with E-state index in [4.69, 9.17) is 0 Å². The number of carbonyl (C=O) groups excluding carboxylic acids is 1. The van der Waals surface area contributed by atoms with E-state index in [1.165, 1.54) is 12.8 Å². The Morgan fingerprint density at radius 3 is 2.14 bits per heavy atom. The maximum absolute atomic E-state index is 10.8. The van der Waals surface area contributed by atoms with Gasteiger partial charge in [0.05, 0.1) is 19.6 Å². The van der Waals surface area contributed by atoms with E-state index >= 15 is 0 Å². The third kappa shape index (κ3) is 9.51. The monoisotopic (exact) mass is 299 g/mol. The maximum Gasteiger partial charge on any atom is 0.143 e. The molecular weight excluding hydrogens is 266 g/mol. The van der Waals surface area contributed by atoms with Crippen LogP contribution >= 0.6 is 0 Å². The number of aliphatic carboxylic acids is 1. The van der Waals surface area contributed by atoms with Gasteiger partial charge in [-0.1, -0.05) is 33.6 Å². The van der Waals surface area contributed by atoms with Crippen LogP contribution in [0, 0.1) is 0 Å². The van der Waals surface area contributed by atoms with Crippen molar-refractivity contribution < 1.29 is 19.5 Å². The Balaban J connectivity index is 4.71. The predicted molar refractivity (Wildman–Crippen MR) is 84.8 cm³/mol. The van der Waals surface area contributed by atoms with Gasteiger partial charge >= 0.3 is 0 Å². The molecule has 0 aliphatic rings. The number of carboxylic acids is 1. The highest BCUT2D eigenvalue weighted by Gasteiger charge is 2.26. The molecule has 0 radical (unpaired) electrons. The molecule has 0 unspecified atom stereocenters. The van der Waals surface area contributed by atoms with E-state index in [2.05, 4.69) is 20.8 Å². The molecule has 0 aromatic carbocycles. The summed E-state index contributed by atoms with van der Waals surface area (Å²) >= 11 is 0. The fraction of sp³-hybridized carbons (Fsp3) is 0.824. The quantitative estimate of drug-likeness (QED) is 0.323. The van der Waals surface area contributed by atoms with Crippen molar-refractivity contribution in [3.63, 3.8) is 0 Å². The smallest absolute Gasteiger partial charge is 0.143 e. The van der Waals surface area contributed by atoms with Crippen LogP contribution in [-0.2, 0) is 4.79 Å². The third-order valence-electron chi connectivity index (χ3n) is 3.87. The van der Waals surface area contributed by atoms with Crippen molar-refractivity contribution in [1.82, 2.24) is 0 Å². The van der Waals surface area contributed by atoms with E-state index in [9.17, 15) is 15.0 Å². The number of carbonyl (C=O) groups is 1.